The van der Waals surface area contributed by atoms with Gasteiger partial charge in [0, 0.05) is 30.6 Å². The highest BCUT2D eigenvalue weighted by atomic mass is 16.6. The molecule has 47 heavy (non-hydrogen) atoms. The van der Waals surface area contributed by atoms with Crippen molar-refractivity contribution in [3.8, 4) is 16.9 Å². The van der Waals surface area contributed by atoms with Crippen molar-refractivity contribution in [2.24, 2.45) is 22.9 Å². The Kier molecular flexibility index (Phi) is 10.6. The minimum Gasteiger partial charge on any atom is -0.490 e. The van der Waals surface area contributed by atoms with Gasteiger partial charge in [0.2, 0.25) is 11.8 Å². The van der Waals surface area contributed by atoms with Gasteiger partial charge in [-0.15, -0.1) is 13.2 Å². The number of hydrogen-bond donors (Lipinski definition) is 1. The zero-order chi connectivity index (χ0) is 33.6. The fraction of sp³-hybridized carbons (Fsp3) is 0.421. The van der Waals surface area contributed by atoms with Crippen LogP contribution in [0.5, 0.6) is 5.75 Å². The van der Waals surface area contributed by atoms with E-state index in [1.54, 1.807) is 31.0 Å². The molecule has 2 aromatic carbocycles. The molecule has 0 heterocycles. The molecule has 2 saturated carbocycles. The van der Waals surface area contributed by atoms with E-state index in [1.165, 1.54) is 0 Å². The van der Waals surface area contributed by atoms with Crippen LogP contribution in [0.2, 0.25) is 0 Å². The fourth-order valence-electron chi connectivity index (χ4n) is 6.74. The second-order valence-electron chi connectivity index (χ2n) is 12.5. The smallest absolute Gasteiger partial charge is 0.332 e. The van der Waals surface area contributed by atoms with Crippen molar-refractivity contribution in [2.45, 2.75) is 57.1 Å². The van der Waals surface area contributed by atoms with Crippen molar-refractivity contribution in [2.75, 3.05) is 26.8 Å². The second-order valence-corrected chi connectivity index (χ2v) is 12.5. The van der Waals surface area contributed by atoms with Gasteiger partial charge >= 0.3 is 5.97 Å². The van der Waals surface area contributed by atoms with Crippen molar-refractivity contribution in [3.63, 3.8) is 0 Å². The number of esters is 1. The number of rotatable bonds is 16. The lowest BCUT2D eigenvalue weighted by Gasteiger charge is -2.26. The number of nitrogens with zero attached hydrogens (tertiary/aromatic N) is 2. The number of amides is 2. The number of allylic oxidation sites excluding steroid dienone is 1. The lowest BCUT2D eigenvalue weighted by atomic mass is 9.93. The Labute approximate surface area is 277 Å². The van der Waals surface area contributed by atoms with Gasteiger partial charge in [0.05, 0.1) is 18.4 Å². The van der Waals surface area contributed by atoms with E-state index in [9.17, 15) is 14.4 Å². The normalized spacial score (nSPS) is 24.4. The third-order valence-corrected chi connectivity index (χ3v) is 9.37. The van der Waals surface area contributed by atoms with Crippen molar-refractivity contribution < 1.29 is 28.7 Å². The average Bonchev–Trinajstić information content (AvgIpc) is 3.48. The molecule has 0 spiro atoms. The summed E-state index contributed by atoms with van der Waals surface area (Å²) in [6.45, 7) is 14.2. The van der Waals surface area contributed by atoms with Gasteiger partial charge < -0.3 is 24.5 Å². The third kappa shape index (κ3) is 7.04. The van der Waals surface area contributed by atoms with Crippen LogP contribution in [0.4, 0.5) is 0 Å². The Bertz CT molecular complexity index is 1570. The van der Waals surface area contributed by atoms with E-state index in [0.717, 1.165) is 41.5 Å². The molecule has 9 heteroatoms. The van der Waals surface area contributed by atoms with Crippen LogP contribution < -0.4 is 10.1 Å². The molecule has 0 radical (unpaired) electrons. The molecule has 5 rings (SSSR count). The van der Waals surface area contributed by atoms with Crippen molar-refractivity contribution in [1.29, 1.82) is 0 Å². The second kappa shape index (κ2) is 14.8. The standard InChI is InChI=1S/C38H45N3O6/c1-6-10-11-14-19-41(5)36(43)33-23-27(22-32(33)35(42)39-38(24-25(38)8-3)37(44)45-9-4)47-40-34-30-16-13-12-15-28(30)29-18-17-26(21-31(29)34)46-20-7-2/h6-8,12-13,15-18,21,25,27,32-33H,1-3,9-11,14,19-20,22-24H2,4-5H3,(H,39,42)/b40-34-/t25-,27+,32+,33+,38+/m0/s1. The molecule has 248 valence electrons. The monoisotopic (exact) mass is 639 g/mol. The molecule has 2 aromatic rings. The molecule has 0 aromatic heterocycles. The summed E-state index contributed by atoms with van der Waals surface area (Å²) in [5.74, 6) is -1.83. The zero-order valence-corrected chi connectivity index (χ0v) is 27.4. The van der Waals surface area contributed by atoms with Crippen LogP contribution in [0, 0.1) is 17.8 Å². The van der Waals surface area contributed by atoms with Crippen LogP contribution in [-0.2, 0) is 24.0 Å². The molecule has 3 aliphatic rings. The summed E-state index contributed by atoms with van der Waals surface area (Å²) in [5, 5.41) is 7.63. The summed E-state index contributed by atoms with van der Waals surface area (Å²) in [7, 11) is 1.77. The van der Waals surface area contributed by atoms with E-state index in [1.807, 2.05) is 48.5 Å². The third-order valence-electron chi connectivity index (χ3n) is 9.37. The summed E-state index contributed by atoms with van der Waals surface area (Å²) in [4.78, 5) is 48.6. The molecule has 5 atom stereocenters. The van der Waals surface area contributed by atoms with E-state index >= 15 is 0 Å². The Hall–Kier alpha value is -4.66. The molecule has 2 fully saturated rings. The number of oxime groups is 1. The molecule has 1 N–H and O–H groups in total. The van der Waals surface area contributed by atoms with Gasteiger partial charge in [0.1, 0.15) is 29.7 Å². The fourth-order valence-corrected chi connectivity index (χ4v) is 6.74. The Morgan fingerprint density at radius 2 is 1.74 bits per heavy atom. The number of nitrogens with one attached hydrogen (secondary N) is 1. The molecule has 0 bridgehead atoms. The Morgan fingerprint density at radius 1 is 1.00 bits per heavy atom. The molecule has 0 unspecified atom stereocenters. The molecular weight excluding hydrogens is 594 g/mol. The lowest BCUT2D eigenvalue weighted by Crippen LogP contribution is -2.50. The van der Waals surface area contributed by atoms with Crippen molar-refractivity contribution in [1.82, 2.24) is 10.2 Å². The van der Waals surface area contributed by atoms with Crippen molar-refractivity contribution in [3.05, 3.63) is 91.6 Å². The molecule has 9 nitrogen and oxygen atoms in total. The number of fused-ring (bicyclic) bond motifs is 3. The summed E-state index contributed by atoms with van der Waals surface area (Å²) in [5.41, 5.74) is 3.40. The Balaban J connectivity index is 1.39. The number of carbonyl (C=O) groups is 3. The number of unbranched alkanes of at least 4 members (excludes halogenated alkanes) is 2. The van der Waals surface area contributed by atoms with Crippen molar-refractivity contribution >= 4 is 23.5 Å². The summed E-state index contributed by atoms with van der Waals surface area (Å²) >= 11 is 0. The lowest BCUT2D eigenvalue weighted by molar-refractivity contribution is -0.150. The van der Waals surface area contributed by atoms with E-state index in [2.05, 4.69) is 30.2 Å². The van der Waals surface area contributed by atoms with E-state index in [0.29, 0.717) is 37.5 Å². The number of benzene rings is 2. The quantitative estimate of drug-likeness (QED) is 0.0915. The first-order chi connectivity index (χ1) is 22.8. The van der Waals surface area contributed by atoms with Crippen LogP contribution in [0.15, 0.2) is 85.6 Å². The first-order valence-electron chi connectivity index (χ1n) is 16.5. The minimum atomic E-state index is -1.15. The van der Waals surface area contributed by atoms with E-state index < -0.39 is 29.4 Å². The topological polar surface area (TPSA) is 107 Å². The number of carbonyl (C=O) groups excluding carboxylic acids is 3. The van der Waals surface area contributed by atoms with Gasteiger partial charge in [0.25, 0.3) is 0 Å². The van der Waals surface area contributed by atoms with Gasteiger partial charge in [-0.1, -0.05) is 54.2 Å². The van der Waals surface area contributed by atoms with Crippen LogP contribution in [0.3, 0.4) is 0 Å². The first kappa shape index (κ1) is 33.7. The molecule has 3 aliphatic carbocycles. The van der Waals surface area contributed by atoms with Gasteiger partial charge in [-0.2, -0.15) is 0 Å². The molecule has 0 aliphatic heterocycles. The van der Waals surface area contributed by atoms with Crippen LogP contribution in [-0.4, -0.2) is 66.8 Å². The highest BCUT2D eigenvalue weighted by Crippen LogP contribution is 2.47. The SMILES string of the molecule is C=CCCCCN(C)C(=O)[C@@H]1C[C@H](O/N=C2/c3ccccc3-c3ccc(OCC=C)cc32)C[C@H]1C(=O)N[C@]1(C(=O)OCC)C[C@@H]1C=C. The van der Waals surface area contributed by atoms with Gasteiger partial charge in [-0.3, -0.25) is 9.59 Å². The molecule has 0 saturated heterocycles. The average molecular weight is 640 g/mol. The summed E-state index contributed by atoms with van der Waals surface area (Å²) in [6.07, 6.45) is 8.37. The zero-order valence-electron chi connectivity index (χ0n) is 27.4. The van der Waals surface area contributed by atoms with Gasteiger partial charge in [-0.05, 0) is 74.8 Å². The molecule has 2 amide bonds. The minimum absolute atomic E-state index is 0.121. The van der Waals surface area contributed by atoms with Crippen LogP contribution in [0.25, 0.3) is 11.1 Å². The summed E-state index contributed by atoms with van der Waals surface area (Å²) in [6, 6.07) is 13.9. The maximum absolute atomic E-state index is 13.9. The van der Waals surface area contributed by atoms with Crippen LogP contribution in [0.1, 0.15) is 56.6 Å². The number of ether oxygens (including phenoxy) is 2. The predicted octanol–water partition coefficient (Wildman–Crippen LogP) is 5.83. The molecular formula is C38H45N3O6. The Morgan fingerprint density at radius 3 is 2.45 bits per heavy atom. The predicted molar refractivity (Wildman–Crippen MR) is 182 cm³/mol. The van der Waals surface area contributed by atoms with Gasteiger partial charge in [0.15, 0.2) is 0 Å². The highest BCUT2D eigenvalue weighted by Gasteiger charge is 2.62. The maximum Gasteiger partial charge on any atom is 0.332 e. The largest absolute Gasteiger partial charge is 0.490 e. The van der Waals surface area contributed by atoms with E-state index in [4.69, 9.17) is 14.3 Å². The highest BCUT2D eigenvalue weighted by molar-refractivity contribution is 6.24. The maximum atomic E-state index is 13.9. The van der Waals surface area contributed by atoms with Gasteiger partial charge in [-0.25, -0.2) is 4.79 Å². The van der Waals surface area contributed by atoms with E-state index in [-0.39, 0.29) is 30.8 Å². The van der Waals surface area contributed by atoms with Crippen LogP contribution >= 0.6 is 0 Å². The number of hydrogen-bond acceptors (Lipinski definition) is 7. The summed E-state index contributed by atoms with van der Waals surface area (Å²) < 4.78 is 11.1. The first-order valence-corrected chi connectivity index (χ1v) is 16.5.